The van der Waals surface area contributed by atoms with E-state index in [0.29, 0.717) is 19.0 Å². The summed E-state index contributed by atoms with van der Waals surface area (Å²) in [6.07, 6.45) is -0.473. The Balaban J connectivity index is 2.34. The van der Waals surface area contributed by atoms with Crippen LogP contribution in [0.15, 0.2) is 28.7 Å². The zero-order valence-corrected chi connectivity index (χ0v) is 12.0. The van der Waals surface area contributed by atoms with Crippen molar-refractivity contribution in [1.29, 1.82) is 0 Å². The van der Waals surface area contributed by atoms with E-state index in [4.69, 9.17) is 13.9 Å². The van der Waals surface area contributed by atoms with Crippen LogP contribution in [0.5, 0.6) is 0 Å². The number of hydrogen-bond donors (Lipinski definition) is 1. The number of nitrogens with one attached hydrogen (secondary N) is 1. The molecule has 1 heterocycles. The van der Waals surface area contributed by atoms with E-state index in [1.165, 1.54) is 6.07 Å². The van der Waals surface area contributed by atoms with Gasteiger partial charge in [-0.3, -0.25) is 0 Å². The van der Waals surface area contributed by atoms with Crippen molar-refractivity contribution in [3.8, 4) is 0 Å². The third kappa shape index (κ3) is 3.00. The van der Waals surface area contributed by atoms with Crippen LogP contribution in [0.25, 0.3) is 11.0 Å². The van der Waals surface area contributed by atoms with Gasteiger partial charge >= 0.3 is 0 Å². The lowest BCUT2D eigenvalue weighted by atomic mass is 10.2. The van der Waals surface area contributed by atoms with E-state index >= 15 is 0 Å². The van der Waals surface area contributed by atoms with Gasteiger partial charge in [0.1, 0.15) is 11.8 Å². The molecule has 1 unspecified atom stereocenters. The van der Waals surface area contributed by atoms with E-state index in [0.717, 1.165) is 5.39 Å². The van der Waals surface area contributed by atoms with E-state index in [9.17, 15) is 4.39 Å². The quantitative estimate of drug-likeness (QED) is 0.791. The Bertz CT molecular complexity index is 549. The number of halogens is 1. The van der Waals surface area contributed by atoms with Crippen molar-refractivity contribution < 1.29 is 18.3 Å². The molecular formula is C15H20FNO3. The Morgan fingerprint density at radius 1 is 1.25 bits per heavy atom. The van der Waals surface area contributed by atoms with Crippen LogP contribution in [0.1, 0.15) is 25.6 Å². The SMILES string of the molecule is CCOC(OCC)C(NC)c1cc2cccc(F)c2o1. The van der Waals surface area contributed by atoms with Crippen molar-refractivity contribution in [2.24, 2.45) is 0 Å². The summed E-state index contributed by atoms with van der Waals surface area (Å²) >= 11 is 0. The molecule has 0 aliphatic carbocycles. The van der Waals surface area contributed by atoms with Crippen LogP contribution in [0, 0.1) is 5.82 Å². The molecule has 0 aliphatic heterocycles. The molecule has 0 radical (unpaired) electrons. The highest BCUT2D eigenvalue weighted by Crippen LogP contribution is 2.28. The fourth-order valence-electron chi connectivity index (χ4n) is 2.18. The average Bonchev–Trinajstić information content (AvgIpc) is 2.85. The fraction of sp³-hybridized carbons (Fsp3) is 0.467. The van der Waals surface area contributed by atoms with Crippen molar-refractivity contribution in [3.05, 3.63) is 35.8 Å². The zero-order chi connectivity index (χ0) is 14.5. The van der Waals surface area contributed by atoms with E-state index in [1.54, 1.807) is 13.1 Å². The molecular weight excluding hydrogens is 261 g/mol. The molecule has 1 atom stereocenters. The maximum atomic E-state index is 13.7. The third-order valence-electron chi connectivity index (χ3n) is 3.07. The molecule has 1 aromatic carbocycles. The monoisotopic (exact) mass is 281 g/mol. The first-order chi connectivity index (χ1) is 9.71. The van der Waals surface area contributed by atoms with Gasteiger partial charge in [-0.2, -0.15) is 0 Å². The molecule has 0 bridgehead atoms. The van der Waals surface area contributed by atoms with Gasteiger partial charge in [-0.05, 0) is 33.0 Å². The second-order valence-electron chi connectivity index (χ2n) is 4.35. The summed E-state index contributed by atoms with van der Waals surface area (Å²) in [5.74, 6) is 0.229. The molecule has 0 aliphatic rings. The minimum absolute atomic E-state index is 0.259. The number of hydrogen-bond acceptors (Lipinski definition) is 4. The van der Waals surface area contributed by atoms with Crippen LogP contribution < -0.4 is 5.32 Å². The van der Waals surface area contributed by atoms with Gasteiger partial charge in [-0.15, -0.1) is 0 Å². The van der Waals surface area contributed by atoms with Crippen LogP contribution in [0.2, 0.25) is 0 Å². The number of para-hydroxylation sites is 1. The van der Waals surface area contributed by atoms with Crippen LogP contribution >= 0.6 is 0 Å². The average molecular weight is 281 g/mol. The summed E-state index contributed by atoms with van der Waals surface area (Å²) in [7, 11) is 1.79. The fourth-order valence-corrected chi connectivity index (χ4v) is 2.18. The molecule has 2 aromatic rings. The molecule has 1 N–H and O–H groups in total. The Morgan fingerprint density at radius 2 is 1.95 bits per heavy atom. The summed E-state index contributed by atoms with van der Waals surface area (Å²) < 4.78 is 30.5. The first kappa shape index (κ1) is 15.0. The predicted octanol–water partition coefficient (Wildman–Crippen LogP) is 3.23. The molecule has 0 saturated carbocycles. The van der Waals surface area contributed by atoms with Crippen molar-refractivity contribution >= 4 is 11.0 Å². The van der Waals surface area contributed by atoms with Crippen molar-refractivity contribution in [2.45, 2.75) is 26.2 Å². The highest BCUT2D eigenvalue weighted by molar-refractivity contribution is 5.78. The van der Waals surface area contributed by atoms with Crippen LogP contribution in [0.3, 0.4) is 0 Å². The number of rotatable bonds is 7. The van der Waals surface area contributed by atoms with Gasteiger partial charge in [-0.25, -0.2) is 4.39 Å². The highest BCUT2D eigenvalue weighted by atomic mass is 19.1. The second-order valence-corrected chi connectivity index (χ2v) is 4.35. The van der Waals surface area contributed by atoms with Crippen LogP contribution in [-0.4, -0.2) is 26.6 Å². The maximum Gasteiger partial charge on any atom is 0.179 e. The summed E-state index contributed by atoms with van der Waals surface area (Å²) in [5, 5.41) is 3.83. The highest BCUT2D eigenvalue weighted by Gasteiger charge is 2.26. The molecule has 0 saturated heterocycles. The number of likely N-dealkylation sites (N-methyl/N-ethyl adjacent to an activating group) is 1. The van der Waals surface area contributed by atoms with Gasteiger partial charge in [0.05, 0.1) is 0 Å². The summed E-state index contributed by atoms with van der Waals surface area (Å²) in [6, 6.07) is 6.38. The first-order valence-corrected chi connectivity index (χ1v) is 6.79. The number of ether oxygens (including phenoxy) is 2. The lowest BCUT2D eigenvalue weighted by molar-refractivity contribution is -0.156. The molecule has 1 aromatic heterocycles. The van der Waals surface area contributed by atoms with Crippen LogP contribution in [-0.2, 0) is 9.47 Å². The number of benzene rings is 1. The first-order valence-electron chi connectivity index (χ1n) is 6.79. The topological polar surface area (TPSA) is 43.6 Å². The lowest BCUT2D eigenvalue weighted by Gasteiger charge is -2.24. The van der Waals surface area contributed by atoms with Gasteiger partial charge in [0.15, 0.2) is 17.7 Å². The van der Waals surface area contributed by atoms with Gasteiger partial charge < -0.3 is 19.2 Å². The van der Waals surface area contributed by atoms with Crippen molar-refractivity contribution in [2.75, 3.05) is 20.3 Å². The molecule has 2 rings (SSSR count). The standard InChI is InChI=1S/C15H20FNO3/c1-4-18-15(19-5-2)13(17-3)12-9-10-7-6-8-11(16)14(10)20-12/h6-9,13,15,17H,4-5H2,1-3H3. The third-order valence-corrected chi connectivity index (χ3v) is 3.07. The number of furan rings is 1. The van der Waals surface area contributed by atoms with Gasteiger partial charge in [0, 0.05) is 18.6 Å². The van der Waals surface area contributed by atoms with E-state index < -0.39 is 6.29 Å². The van der Waals surface area contributed by atoms with E-state index in [1.807, 2.05) is 26.0 Å². The van der Waals surface area contributed by atoms with Gasteiger partial charge in [0.2, 0.25) is 0 Å². The maximum absolute atomic E-state index is 13.7. The molecule has 4 nitrogen and oxygen atoms in total. The lowest BCUT2D eigenvalue weighted by Crippen LogP contribution is -2.33. The zero-order valence-electron chi connectivity index (χ0n) is 12.0. The number of fused-ring (bicyclic) bond motifs is 1. The Hall–Kier alpha value is -1.43. The normalized spacial score (nSPS) is 13.2. The van der Waals surface area contributed by atoms with E-state index in [2.05, 4.69) is 5.32 Å². The molecule has 0 spiro atoms. The Kier molecular flexibility index (Phi) is 5.11. The predicted molar refractivity (Wildman–Crippen MR) is 75.0 cm³/mol. The Morgan fingerprint density at radius 3 is 2.50 bits per heavy atom. The smallest absolute Gasteiger partial charge is 0.179 e. The largest absolute Gasteiger partial charge is 0.456 e. The van der Waals surface area contributed by atoms with Crippen molar-refractivity contribution in [3.63, 3.8) is 0 Å². The summed E-state index contributed by atoms with van der Waals surface area (Å²) in [4.78, 5) is 0. The van der Waals surface area contributed by atoms with Crippen molar-refractivity contribution in [1.82, 2.24) is 5.32 Å². The Labute approximate surface area is 117 Å². The van der Waals surface area contributed by atoms with Gasteiger partial charge in [0.25, 0.3) is 0 Å². The molecule has 0 amide bonds. The van der Waals surface area contributed by atoms with E-state index in [-0.39, 0.29) is 17.4 Å². The van der Waals surface area contributed by atoms with Crippen LogP contribution in [0.4, 0.5) is 4.39 Å². The minimum Gasteiger partial charge on any atom is -0.456 e. The second kappa shape index (κ2) is 6.83. The molecule has 0 fully saturated rings. The molecule has 110 valence electrons. The van der Waals surface area contributed by atoms with Gasteiger partial charge in [-0.1, -0.05) is 12.1 Å². The minimum atomic E-state index is -0.473. The molecule has 5 heteroatoms. The summed E-state index contributed by atoms with van der Waals surface area (Å²) in [5.41, 5.74) is 0.259. The molecule has 20 heavy (non-hydrogen) atoms. The summed E-state index contributed by atoms with van der Waals surface area (Å²) in [6.45, 7) is 4.85.